The first kappa shape index (κ1) is 14.5. The molecule has 0 spiro atoms. The number of hydrogen-bond acceptors (Lipinski definition) is 5. The minimum atomic E-state index is -0.918. The van der Waals surface area contributed by atoms with Crippen LogP contribution in [0.15, 0.2) is 36.4 Å². The van der Waals surface area contributed by atoms with Gasteiger partial charge < -0.3 is 10.4 Å². The predicted octanol–water partition coefficient (Wildman–Crippen LogP) is 3.42. The van der Waals surface area contributed by atoms with Gasteiger partial charge in [0.1, 0.15) is 17.2 Å². The highest BCUT2D eigenvalue weighted by Gasteiger charge is 2.13. The number of nitrogens with one attached hydrogen (secondary N) is 1. The van der Waals surface area contributed by atoms with Crippen LogP contribution in [0.1, 0.15) is 11.8 Å². The molecule has 0 atom stereocenters. The third-order valence-electron chi connectivity index (χ3n) is 3.23. The third-order valence-corrected chi connectivity index (χ3v) is 4.40. The Hall–Kier alpha value is -2.47. The van der Waals surface area contributed by atoms with Gasteiger partial charge in [-0.2, -0.15) is 0 Å². The first-order valence-corrected chi connectivity index (χ1v) is 7.80. The van der Waals surface area contributed by atoms with E-state index in [0.29, 0.717) is 11.6 Å². The summed E-state index contributed by atoms with van der Waals surface area (Å²) < 4.78 is 0. The van der Waals surface area contributed by atoms with E-state index in [2.05, 4.69) is 22.2 Å². The van der Waals surface area contributed by atoms with Crippen molar-refractivity contribution in [2.45, 2.75) is 13.3 Å². The van der Waals surface area contributed by atoms with E-state index < -0.39 is 5.97 Å². The lowest BCUT2D eigenvalue weighted by Gasteiger charge is -2.07. The van der Waals surface area contributed by atoms with Gasteiger partial charge in [-0.15, -0.1) is 11.3 Å². The molecule has 0 unspecified atom stereocenters. The Kier molecular flexibility index (Phi) is 4.02. The van der Waals surface area contributed by atoms with Crippen molar-refractivity contribution in [3.8, 4) is 11.4 Å². The first-order valence-electron chi connectivity index (χ1n) is 6.99. The van der Waals surface area contributed by atoms with Crippen LogP contribution >= 0.6 is 11.3 Å². The van der Waals surface area contributed by atoms with Gasteiger partial charge in [0.2, 0.25) is 0 Å². The fraction of sp³-hybridized carbons (Fsp3) is 0.188. The molecule has 1 aromatic carbocycles. The van der Waals surface area contributed by atoms with E-state index in [9.17, 15) is 4.79 Å². The second-order valence-electron chi connectivity index (χ2n) is 4.79. The smallest absolute Gasteiger partial charge is 0.322 e. The molecule has 2 N–H and O–H groups in total. The number of carboxylic acids is 1. The zero-order chi connectivity index (χ0) is 15.5. The van der Waals surface area contributed by atoms with Crippen molar-refractivity contribution >= 4 is 33.3 Å². The zero-order valence-electron chi connectivity index (χ0n) is 12.0. The molecule has 6 heteroatoms. The molecule has 0 aliphatic carbocycles. The number of anilines is 1. The first-order chi connectivity index (χ1) is 10.7. The Morgan fingerprint density at radius 2 is 2.05 bits per heavy atom. The van der Waals surface area contributed by atoms with E-state index in [1.54, 1.807) is 11.3 Å². The van der Waals surface area contributed by atoms with Crippen LogP contribution in [0.25, 0.3) is 21.6 Å². The summed E-state index contributed by atoms with van der Waals surface area (Å²) in [4.78, 5) is 22.0. The van der Waals surface area contributed by atoms with Gasteiger partial charge in [0.15, 0.2) is 5.82 Å². The van der Waals surface area contributed by atoms with Crippen LogP contribution in [0.3, 0.4) is 0 Å². The van der Waals surface area contributed by atoms with Crippen molar-refractivity contribution in [3.05, 3.63) is 41.3 Å². The summed E-state index contributed by atoms with van der Waals surface area (Å²) in [5.74, 6) is 0.256. The summed E-state index contributed by atoms with van der Waals surface area (Å²) in [5.41, 5.74) is 0.911. The van der Waals surface area contributed by atoms with Crippen molar-refractivity contribution in [2.75, 3.05) is 11.9 Å². The van der Waals surface area contributed by atoms with Gasteiger partial charge in [0.25, 0.3) is 0 Å². The Balaban J connectivity index is 2.12. The molecular formula is C16H15N3O2S. The van der Waals surface area contributed by atoms with Gasteiger partial charge in [-0.25, -0.2) is 9.97 Å². The highest BCUT2D eigenvalue weighted by Crippen LogP contribution is 2.31. The fourth-order valence-electron chi connectivity index (χ4n) is 2.16. The maximum Gasteiger partial charge on any atom is 0.322 e. The lowest BCUT2D eigenvalue weighted by molar-refractivity contribution is -0.134. The van der Waals surface area contributed by atoms with E-state index in [4.69, 9.17) is 5.11 Å². The molecule has 2 aromatic heterocycles. The summed E-state index contributed by atoms with van der Waals surface area (Å²) in [6.07, 6.45) is 0.917. The van der Waals surface area contributed by atoms with Crippen LogP contribution in [-0.4, -0.2) is 27.6 Å². The van der Waals surface area contributed by atoms with Gasteiger partial charge in [-0.1, -0.05) is 37.3 Å². The normalized spacial score (nSPS) is 10.8. The Labute approximate surface area is 131 Å². The summed E-state index contributed by atoms with van der Waals surface area (Å²) in [7, 11) is 0. The largest absolute Gasteiger partial charge is 0.480 e. The number of nitrogens with zero attached hydrogens (tertiary/aromatic N) is 2. The summed E-state index contributed by atoms with van der Waals surface area (Å²) >= 11 is 1.62. The summed E-state index contributed by atoms with van der Waals surface area (Å²) in [5, 5.41) is 12.6. The van der Waals surface area contributed by atoms with Crippen molar-refractivity contribution in [3.63, 3.8) is 0 Å². The molecule has 0 radical (unpaired) electrons. The standard InChI is InChI=1S/C16H15N3O2S/c1-2-11-8-12-15(17-9-13(20)21)18-14(19-16(12)22-11)10-6-4-3-5-7-10/h3-8H,2,9H2,1H3,(H,20,21)(H,17,18,19). The third kappa shape index (κ3) is 2.92. The number of aryl methyl sites for hydroxylation is 1. The molecule has 3 rings (SSSR count). The van der Waals surface area contributed by atoms with Gasteiger partial charge in [-0.3, -0.25) is 4.79 Å². The number of fused-ring (bicyclic) bond motifs is 1. The number of thiophene rings is 1. The molecule has 0 aliphatic heterocycles. The molecule has 22 heavy (non-hydrogen) atoms. The molecule has 0 saturated heterocycles. The quantitative estimate of drug-likeness (QED) is 0.755. The highest BCUT2D eigenvalue weighted by atomic mass is 32.1. The molecule has 0 fully saturated rings. The molecule has 5 nitrogen and oxygen atoms in total. The Morgan fingerprint density at radius 3 is 2.73 bits per heavy atom. The molecule has 0 bridgehead atoms. The molecule has 0 saturated carbocycles. The number of aliphatic carboxylic acids is 1. The van der Waals surface area contributed by atoms with Gasteiger partial charge in [0, 0.05) is 10.4 Å². The number of rotatable bonds is 5. The molecule has 0 amide bonds. The van der Waals surface area contributed by atoms with E-state index >= 15 is 0 Å². The highest BCUT2D eigenvalue weighted by molar-refractivity contribution is 7.18. The van der Waals surface area contributed by atoms with Crippen LogP contribution in [0.2, 0.25) is 0 Å². The van der Waals surface area contributed by atoms with Gasteiger partial charge in [-0.05, 0) is 12.5 Å². The Morgan fingerprint density at radius 1 is 1.27 bits per heavy atom. The maximum atomic E-state index is 10.8. The monoisotopic (exact) mass is 313 g/mol. The average Bonchev–Trinajstić information content (AvgIpc) is 2.96. The van der Waals surface area contributed by atoms with Crippen molar-refractivity contribution in [2.24, 2.45) is 0 Å². The molecule has 112 valence electrons. The number of hydrogen-bond donors (Lipinski definition) is 2. The number of carboxylic acid groups (broad SMARTS) is 1. The van der Waals surface area contributed by atoms with Crippen molar-refractivity contribution in [1.82, 2.24) is 9.97 Å². The molecular weight excluding hydrogens is 298 g/mol. The second-order valence-corrected chi connectivity index (χ2v) is 5.91. The topological polar surface area (TPSA) is 75.1 Å². The van der Waals surface area contributed by atoms with Crippen molar-refractivity contribution in [1.29, 1.82) is 0 Å². The average molecular weight is 313 g/mol. The molecule has 0 aliphatic rings. The van der Waals surface area contributed by atoms with Gasteiger partial charge >= 0.3 is 5.97 Å². The van der Waals surface area contributed by atoms with Crippen LogP contribution in [0.4, 0.5) is 5.82 Å². The van der Waals surface area contributed by atoms with Crippen molar-refractivity contribution < 1.29 is 9.90 Å². The molecule has 2 heterocycles. The van der Waals surface area contributed by atoms with Crippen LogP contribution < -0.4 is 5.32 Å². The van der Waals surface area contributed by atoms with Gasteiger partial charge in [0.05, 0.1) is 5.39 Å². The maximum absolute atomic E-state index is 10.8. The van der Waals surface area contributed by atoms with E-state index in [-0.39, 0.29) is 6.54 Å². The SMILES string of the molecule is CCc1cc2c(NCC(=O)O)nc(-c3ccccc3)nc2s1. The molecule has 3 aromatic rings. The van der Waals surface area contributed by atoms with Crippen LogP contribution in [0.5, 0.6) is 0 Å². The van der Waals surface area contributed by atoms with E-state index in [1.165, 1.54) is 4.88 Å². The van der Waals surface area contributed by atoms with Crippen LogP contribution in [-0.2, 0) is 11.2 Å². The lowest BCUT2D eigenvalue weighted by Crippen LogP contribution is -2.13. The van der Waals surface area contributed by atoms with E-state index in [0.717, 1.165) is 22.2 Å². The van der Waals surface area contributed by atoms with Crippen LogP contribution in [0, 0.1) is 0 Å². The zero-order valence-corrected chi connectivity index (χ0v) is 12.9. The van der Waals surface area contributed by atoms with E-state index in [1.807, 2.05) is 36.4 Å². The predicted molar refractivity (Wildman–Crippen MR) is 88.4 cm³/mol. The fourth-order valence-corrected chi connectivity index (χ4v) is 3.12. The number of aromatic nitrogens is 2. The number of benzene rings is 1. The number of carbonyl (C=O) groups is 1. The minimum Gasteiger partial charge on any atom is -0.480 e. The summed E-state index contributed by atoms with van der Waals surface area (Å²) in [6.45, 7) is 1.91. The minimum absolute atomic E-state index is 0.169. The lowest BCUT2D eigenvalue weighted by atomic mass is 10.2. The Bertz CT molecular complexity index is 815. The summed E-state index contributed by atoms with van der Waals surface area (Å²) in [6, 6.07) is 11.7. The second kappa shape index (κ2) is 6.11.